The zero-order chi connectivity index (χ0) is 8.97. The number of rotatable bonds is 3. The first-order chi connectivity index (χ1) is 5.74. The number of likely N-dealkylation sites (tertiary alicyclic amines) is 1. The van der Waals surface area contributed by atoms with E-state index in [4.69, 9.17) is 9.84 Å². The van der Waals surface area contributed by atoms with Gasteiger partial charge in [0, 0.05) is 6.54 Å². The second-order valence-corrected chi connectivity index (χ2v) is 2.76. The first-order valence-electron chi connectivity index (χ1n) is 3.94. The second-order valence-electron chi connectivity index (χ2n) is 2.76. The van der Waals surface area contributed by atoms with Crippen molar-refractivity contribution in [2.45, 2.75) is 12.5 Å². The van der Waals surface area contributed by atoms with Crippen molar-refractivity contribution >= 4 is 6.09 Å². The molecule has 1 aliphatic rings. The standard InChI is InChI=1S/C8H13NO3/c1-2-5-12-7-3-4-9(6-7)8(10)11/h2,7H,1,3-6H2,(H,10,11). The summed E-state index contributed by atoms with van der Waals surface area (Å²) in [5.41, 5.74) is 0. The van der Waals surface area contributed by atoms with Crippen molar-refractivity contribution in [1.29, 1.82) is 0 Å². The van der Waals surface area contributed by atoms with Crippen LogP contribution in [0.4, 0.5) is 4.79 Å². The Hall–Kier alpha value is -1.03. The topological polar surface area (TPSA) is 49.8 Å². The number of amides is 1. The Kier molecular flexibility index (Phi) is 3.10. The van der Waals surface area contributed by atoms with E-state index in [0.717, 1.165) is 6.42 Å². The summed E-state index contributed by atoms with van der Waals surface area (Å²) in [7, 11) is 0. The Morgan fingerprint density at radius 3 is 3.08 bits per heavy atom. The minimum atomic E-state index is -0.861. The number of hydrogen-bond donors (Lipinski definition) is 1. The molecule has 0 radical (unpaired) electrons. The average Bonchev–Trinajstić information content (AvgIpc) is 2.48. The molecule has 1 saturated heterocycles. The van der Waals surface area contributed by atoms with Gasteiger partial charge >= 0.3 is 6.09 Å². The van der Waals surface area contributed by atoms with Crippen molar-refractivity contribution in [1.82, 2.24) is 4.90 Å². The Bertz CT molecular complexity index is 181. The molecule has 0 aromatic rings. The number of carboxylic acid groups (broad SMARTS) is 1. The van der Waals surface area contributed by atoms with Crippen LogP contribution in [0.15, 0.2) is 12.7 Å². The molecule has 4 nitrogen and oxygen atoms in total. The van der Waals surface area contributed by atoms with Crippen LogP contribution in [0.2, 0.25) is 0 Å². The van der Waals surface area contributed by atoms with E-state index < -0.39 is 6.09 Å². The minimum absolute atomic E-state index is 0.0547. The number of carbonyl (C=O) groups is 1. The first-order valence-corrected chi connectivity index (χ1v) is 3.94. The van der Waals surface area contributed by atoms with E-state index >= 15 is 0 Å². The maximum atomic E-state index is 10.5. The molecule has 1 aliphatic heterocycles. The van der Waals surface area contributed by atoms with Crippen molar-refractivity contribution < 1.29 is 14.6 Å². The van der Waals surface area contributed by atoms with E-state index in [1.807, 2.05) is 0 Å². The van der Waals surface area contributed by atoms with Crippen LogP contribution in [-0.4, -0.2) is 41.9 Å². The van der Waals surface area contributed by atoms with Gasteiger partial charge in [0.05, 0.1) is 19.3 Å². The maximum Gasteiger partial charge on any atom is 0.407 e. The van der Waals surface area contributed by atoms with E-state index in [0.29, 0.717) is 19.7 Å². The molecule has 1 atom stereocenters. The predicted molar refractivity (Wildman–Crippen MR) is 44.2 cm³/mol. The SMILES string of the molecule is C=CCOC1CCN(C(=O)O)C1. The molecule has 1 amide bonds. The smallest absolute Gasteiger partial charge is 0.407 e. The quantitative estimate of drug-likeness (QED) is 0.643. The van der Waals surface area contributed by atoms with Gasteiger partial charge in [0.2, 0.25) is 0 Å². The van der Waals surface area contributed by atoms with Gasteiger partial charge in [0.25, 0.3) is 0 Å². The first kappa shape index (κ1) is 9.06. The molecule has 1 fully saturated rings. The van der Waals surface area contributed by atoms with Gasteiger partial charge in [-0.25, -0.2) is 4.79 Å². The Labute approximate surface area is 71.4 Å². The van der Waals surface area contributed by atoms with Gasteiger partial charge < -0.3 is 14.7 Å². The zero-order valence-electron chi connectivity index (χ0n) is 6.90. The van der Waals surface area contributed by atoms with Crippen LogP contribution in [0.3, 0.4) is 0 Å². The molecule has 0 aromatic heterocycles. The molecule has 1 heterocycles. The molecule has 0 aliphatic carbocycles. The van der Waals surface area contributed by atoms with Gasteiger partial charge in [0.1, 0.15) is 0 Å². The van der Waals surface area contributed by atoms with Crippen molar-refractivity contribution in [2.75, 3.05) is 19.7 Å². The summed E-state index contributed by atoms with van der Waals surface area (Å²) in [6.45, 7) is 5.09. The van der Waals surface area contributed by atoms with E-state index in [1.54, 1.807) is 6.08 Å². The van der Waals surface area contributed by atoms with Gasteiger partial charge in [-0.05, 0) is 6.42 Å². The van der Waals surface area contributed by atoms with E-state index in [9.17, 15) is 4.79 Å². The molecule has 12 heavy (non-hydrogen) atoms. The van der Waals surface area contributed by atoms with Crippen LogP contribution in [0.5, 0.6) is 0 Å². The fourth-order valence-corrected chi connectivity index (χ4v) is 1.24. The average molecular weight is 171 g/mol. The number of nitrogens with zero attached hydrogens (tertiary/aromatic N) is 1. The van der Waals surface area contributed by atoms with Crippen molar-refractivity contribution in [2.24, 2.45) is 0 Å². The lowest BCUT2D eigenvalue weighted by molar-refractivity contribution is 0.0786. The third-order valence-electron chi connectivity index (χ3n) is 1.87. The fraction of sp³-hybridized carbons (Fsp3) is 0.625. The van der Waals surface area contributed by atoms with Gasteiger partial charge in [-0.3, -0.25) is 0 Å². The summed E-state index contributed by atoms with van der Waals surface area (Å²) in [5, 5.41) is 8.61. The minimum Gasteiger partial charge on any atom is -0.465 e. The lowest BCUT2D eigenvalue weighted by atomic mass is 10.3. The lowest BCUT2D eigenvalue weighted by Gasteiger charge is -2.11. The van der Waals surface area contributed by atoms with Crippen LogP contribution in [-0.2, 0) is 4.74 Å². The second kappa shape index (κ2) is 4.11. The molecule has 68 valence electrons. The van der Waals surface area contributed by atoms with E-state index in [-0.39, 0.29) is 6.10 Å². The van der Waals surface area contributed by atoms with E-state index in [1.165, 1.54) is 4.90 Å². The van der Waals surface area contributed by atoms with Crippen LogP contribution in [0.1, 0.15) is 6.42 Å². The normalized spacial score (nSPS) is 22.7. The monoisotopic (exact) mass is 171 g/mol. The highest BCUT2D eigenvalue weighted by atomic mass is 16.5. The molecule has 0 spiro atoms. The van der Waals surface area contributed by atoms with Gasteiger partial charge in [0.15, 0.2) is 0 Å². The molecule has 0 bridgehead atoms. The van der Waals surface area contributed by atoms with Crippen molar-refractivity contribution in [3.63, 3.8) is 0 Å². The lowest BCUT2D eigenvalue weighted by Crippen LogP contribution is -2.28. The maximum absolute atomic E-state index is 10.5. The summed E-state index contributed by atoms with van der Waals surface area (Å²) in [6.07, 6.45) is 1.66. The summed E-state index contributed by atoms with van der Waals surface area (Å²) in [6, 6.07) is 0. The predicted octanol–water partition coefficient (Wildman–Crippen LogP) is 0.941. The molecule has 0 saturated carbocycles. The van der Waals surface area contributed by atoms with Crippen LogP contribution >= 0.6 is 0 Å². The number of hydrogen-bond acceptors (Lipinski definition) is 2. The molecule has 1 unspecified atom stereocenters. The summed E-state index contributed by atoms with van der Waals surface area (Å²) < 4.78 is 5.31. The molecular weight excluding hydrogens is 158 g/mol. The highest BCUT2D eigenvalue weighted by Crippen LogP contribution is 2.12. The molecule has 1 rings (SSSR count). The summed E-state index contributed by atoms with van der Waals surface area (Å²) >= 11 is 0. The zero-order valence-corrected chi connectivity index (χ0v) is 6.90. The van der Waals surface area contributed by atoms with Gasteiger partial charge in [-0.2, -0.15) is 0 Å². The highest BCUT2D eigenvalue weighted by molar-refractivity contribution is 5.65. The summed E-state index contributed by atoms with van der Waals surface area (Å²) in [4.78, 5) is 11.8. The highest BCUT2D eigenvalue weighted by Gasteiger charge is 2.25. The van der Waals surface area contributed by atoms with Crippen molar-refractivity contribution in [3.05, 3.63) is 12.7 Å². The third-order valence-corrected chi connectivity index (χ3v) is 1.87. The molecular formula is C8H13NO3. The van der Waals surface area contributed by atoms with Crippen molar-refractivity contribution in [3.8, 4) is 0 Å². The Balaban J connectivity index is 2.25. The fourth-order valence-electron chi connectivity index (χ4n) is 1.24. The van der Waals surface area contributed by atoms with Gasteiger partial charge in [-0.1, -0.05) is 6.08 Å². The molecule has 4 heteroatoms. The van der Waals surface area contributed by atoms with Crippen LogP contribution < -0.4 is 0 Å². The van der Waals surface area contributed by atoms with Crippen LogP contribution in [0, 0.1) is 0 Å². The largest absolute Gasteiger partial charge is 0.465 e. The Morgan fingerprint density at radius 1 is 1.83 bits per heavy atom. The molecule has 0 aromatic carbocycles. The Morgan fingerprint density at radius 2 is 2.58 bits per heavy atom. The van der Waals surface area contributed by atoms with Gasteiger partial charge in [-0.15, -0.1) is 6.58 Å². The van der Waals surface area contributed by atoms with Crippen LogP contribution in [0.25, 0.3) is 0 Å². The number of ether oxygens (including phenoxy) is 1. The summed E-state index contributed by atoms with van der Waals surface area (Å²) in [5.74, 6) is 0. The third kappa shape index (κ3) is 2.23. The van der Waals surface area contributed by atoms with E-state index in [2.05, 4.69) is 6.58 Å². The molecule has 1 N–H and O–H groups in total.